The van der Waals surface area contributed by atoms with Gasteiger partial charge >= 0.3 is 6.18 Å². The van der Waals surface area contributed by atoms with Gasteiger partial charge in [0.25, 0.3) is 0 Å². The Labute approximate surface area is 124 Å². The number of amides is 1. The number of hydrogen-bond donors (Lipinski definition) is 1. The standard InChI is InChI=1S/C14H11F3N4O/c1-9-6-12(14(15,16)17)20-21(9)8-13(22)19-11-5-3-2-4-10(11)7-18/h2-6H,8H2,1H3,(H,19,22). The van der Waals surface area contributed by atoms with E-state index in [1.54, 1.807) is 12.1 Å². The maximum atomic E-state index is 12.6. The largest absolute Gasteiger partial charge is 0.435 e. The molecule has 1 aromatic carbocycles. The molecule has 0 unspecified atom stereocenters. The fourth-order valence-electron chi connectivity index (χ4n) is 1.82. The van der Waals surface area contributed by atoms with Crippen LogP contribution in [-0.4, -0.2) is 15.7 Å². The highest BCUT2D eigenvalue weighted by atomic mass is 19.4. The van der Waals surface area contributed by atoms with Crippen LogP contribution in [0.5, 0.6) is 0 Å². The molecule has 2 rings (SSSR count). The average molecular weight is 308 g/mol. The molecule has 1 heterocycles. The molecule has 8 heteroatoms. The number of benzene rings is 1. The number of hydrogen-bond acceptors (Lipinski definition) is 3. The molecule has 0 aliphatic rings. The van der Waals surface area contributed by atoms with Gasteiger partial charge in [-0.05, 0) is 25.1 Å². The molecule has 1 amide bonds. The molecule has 0 spiro atoms. The number of nitriles is 1. The molecule has 0 bridgehead atoms. The summed E-state index contributed by atoms with van der Waals surface area (Å²) in [5, 5.41) is 14.8. The smallest absolute Gasteiger partial charge is 0.323 e. The topological polar surface area (TPSA) is 70.7 Å². The molecule has 22 heavy (non-hydrogen) atoms. The molecule has 2 aromatic rings. The minimum Gasteiger partial charge on any atom is -0.323 e. The third-order valence-corrected chi connectivity index (χ3v) is 2.89. The summed E-state index contributed by atoms with van der Waals surface area (Å²) < 4.78 is 38.6. The van der Waals surface area contributed by atoms with E-state index in [1.165, 1.54) is 19.1 Å². The quantitative estimate of drug-likeness (QED) is 0.947. The number of nitrogens with one attached hydrogen (secondary N) is 1. The van der Waals surface area contributed by atoms with Crippen molar-refractivity contribution in [2.24, 2.45) is 0 Å². The lowest BCUT2D eigenvalue weighted by Crippen LogP contribution is -2.21. The van der Waals surface area contributed by atoms with Crippen LogP contribution in [0.25, 0.3) is 0 Å². The van der Waals surface area contributed by atoms with Crippen LogP contribution in [0.1, 0.15) is 17.0 Å². The van der Waals surface area contributed by atoms with Crippen LogP contribution in [0.4, 0.5) is 18.9 Å². The molecule has 114 valence electrons. The van der Waals surface area contributed by atoms with Crippen LogP contribution < -0.4 is 5.32 Å². The summed E-state index contributed by atoms with van der Waals surface area (Å²) in [5.74, 6) is -0.567. The Morgan fingerprint density at radius 1 is 1.41 bits per heavy atom. The van der Waals surface area contributed by atoms with Crippen LogP contribution in [0, 0.1) is 18.3 Å². The van der Waals surface area contributed by atoms with Crippen molar-refractivity contribution in [3.8, 4) is 6.07 Å². The molecular weight excluding hydrogens is 297 g/mol. The number of alkyl halides is 3. The highest BCUT2D eigenvalue weighted by molar-refractivity contribution is 5.91. The third-order valence-electron chi connectivity index (χ3n) is 2.89. The Hall–Kier alpha value is -2.82. The van der Waals surface area contributed by atoms with Crippen molar-refractivity contribution >= 4 is 11.6 Å². The number of carbonyl (C=O) groups is 1. The van der Waals surface area contributed by atoms with E-state index in [4.69, 9.17) is 5.26 Å². The van der Waals surface area contributed by atoms with Crippen molar-refractivity contribution in [1.82, 2.24) is 9.78 Å². The van der Waals surface area contributed by atoms with Gasteiger partial charge in [0.15, 0.2) is 5.69 Å². The number of anilines is 1. The van der Waals surface area contributed by atoms with Gasteiger partial charge in [-0.2, -0.15) is 23.5 Å². The molecule has 0 aliphatic carbocycles. The fourth-order valence-corrected chi connectivity index (χ4v) is 1.82. The number of nitrogens with zero attached hydrogens (tertiary/aromatic N) is 3. The van der Waals surface area contributed by atoms with Crippen LogP contribution in [-0.2, 0) is 17.5 Å². The molecular formula is C14H11F3N4O. The minimum atomic E-state index is -4.56. The van der Waals surface area contributed by atoms with E-state index in [1.807, 2.05) is 6.07 Å². The van der Waals surface area contributed by atoms with E-state index in [0.717, 1.165) is 10.7 Å². The first kappa shape index (κ1) is 15.6. The zero-order valence-electron chi connectivity index (χ0n) is 11.5. The van der Waals surface area contributed by atoms with E-state index in [9.17, 15) is 18.0 Å². The van der Waals surface area contributed by atoms with Crippen LogP contribution in [0.15, 0.2) is 30.3 Å². The number of halogens is 3. The maximum absolute atomic E-state index is 12.6. The van der Waals surface area contributed by atoms with Crippen LogP contribution in [0.3, 0.4) is 0 Å². The van der Waals surface area contributed by atoms with Crippen molar-refractivity contribution in [3.63, 3.8) is 0 Å². The highest BCUT2D eigenvalue weighted by Crippen LogP contribution is 2.28. The number of aromatic nitrogens is 2. The van der Waals surface area contributed by atoms with Crippen LogP contribution in [0.2, 0.25) is 0 Å². The van der Waals surface area contributed by atoms with E-state index in [-0.39, 0.29) is 17.8 Å². The second-order valence-electron chi connectivity index (χ2n) is 4.53. The normalized spacial score (nSPS) is 11.0. The van der Waals surface area contributed by atoms with Gasteiger partial charge in [0.05, 0.1) is 11.3 Å². The number of carbonyl (C=O) groups excluding carboxylic acids is 1. The maximum Gasteiger partial charge on any atom is 0.435 e. The Bertz CT molecular complexity index is 743. The summed E-state index contributed by atoms with van der Waals surface area (Å²) in [5.41, 5.74) is -0.258. The summed E-state index contributed by atoms with van der Waals surface area (Å²) in [6.07, 6.45) is -4.56. The molecule has 0 fully saturated rings. The molecule has 0 aliphatic heterocycles. The molecule has 0 saturated carbocycles. The second-order valence-corrected chi connectivity index (χ2v) is 4.53. The zero-order chi connectivity index (χ0) is 16.3. The monoisotopic (exact) mass is 308 g/mol. The molecule has 1 N–H and O–H groups in total. The first-order valence-electron chi connectivity index (χ1n) is 6.22. The van der Waals surface area contributed by atoms with Gasteiger partial charge in [-0.25, -0.2) is 0 Å². The van der Waals surface area contributed by atoms with Crippen molar-refractivity contribution in [1.29, 1.82) is 5.26 Å². The molecule has 0 atom stereocenters. The second kappa shape index (κ2) is 5.89. The molecule has 1 aromatic heterocycles. The van der Waals surface area contributed by atoms with Crippen molar-refractivity contribution in [2.45, 2.75) is 19.6 Å². The number of para-hydroxylation sites is 1. The van der Waals surface area contributed by atoms with Gasteiger partial charge < -0.3 is 5.32 Å². The van der Waals surface area contributed by atoms with E-state index < -0.39 is 17.8 Å². The van der Waals surface area contributed by atoms with Crippen molar-refractivity contribution < 1.29 is 18.0 Å². The Morgan fingerprint density at radius 2 is 2.09 bits per heavy atom. The molecule has 0 saturated heterocycles. The minimum absolute atomic E-state index is 0.219. The summed E-state index contributed by atoms with van der Waals surface area (Å²) >= 11 is 0. The highest BCUT2D eigenvalue weighted by Gasteiger charge is 2.34. The van der Waals surface area contributed by atoms with Gasteiger partial charge in [0.1, 0.15) is 12.6 Å². The summed E-state index contributed by atoms with van der Waals surface area (Å²) in [7, 11) is 0. The first-order valence-corrected chi connectivity index (χ1v) is 6.22. The van der Waals surface area contributed by atoms with Gasteiger partial charge in [-0.15, -0.1) is 0 Å². The molecule has 0 radical (unpaired) electrons. The lowest BCUT2D eigenvalue weighted by Gasteiger charge is -2.08. The van der Waals surface area contributed by atoms with Crippen LogP contribution >= 0.6 is 0 Å². The average Bonchev–Trinajstić information content (AvgIpc) is 2.80. The third kappa shape index (κ3) is 3.44. The number of aryl methyl sites for hydroxylation is 1. The number of rotatable bonds is 3. The summed E-state index contributed by atoms with van der Waals surface area (Å²) in [6, 6.07) is 9.12. The van der Waals surface area contributed by atoms with Gasteiger partial charge in [-0.3, -0.25) is 9.48 Å². The lowest BCUT2D eigenvalue weighted by atomic mass is 10.2. The lowest BCUT2D eigenvalue weighted by molar-refractivity contribution is -0.141. The summed E-state index contributed by atoms with van der Waals surface area (Å²) in [4.78, 5) is 11.9. The van der Waals surface area contributed by atoms with Crippen molar-refractivity contribution in [2.75, 3.05) is 5.32 Å². The van der Waals surface area contributed by atoms with E-state index in [0.29, 0.717) is 5.69 Å². The van der Waals surface area contributed by atoms with E-state index >= 15 is 0 Å². The predicted molar refractivity (Wildman–Crippen MR) is 71.8 cm³/mol. The van der Waals surface area contributed by atoms with Gasteiger partial charge in [-0.1, -0.05) is 12.1 Å². The zero-order valence-corrected chi connectivity index (χ0v) is 11.5. The van der Waals surface area contributed by atoms with Gasteiger partial charge in [0, 0.05) is 5.69 Å². The Kier molecular flexibility index (Phi) is 4.17. The molecule has 5 nitrogen and oxygen atoms in total. The fraction of sp³-hybridized carbons (Fsp3) is 0.214. The predicted octanol–water partition coefficient (Wildman–Crippen LogP) is 2.72. The van der Waals surface area contributed by atoms with E-state index in [2.05, 4.69) is 10.4 Å². The summed E-state index contributed by atoms with van der Waals surface area (Å²) in [6.45, 7) is 1.06. The van der Waals surface area contributed by atoms with Crippen molar-refractivity contribution in [3.05, 3.63) is 47.3 Å². The Balaban J connectivity index is 2.13. The SMILES string of the molecule is Cc1cc(C(F)(F)F)nn1CC(=O)Nc1ccccc1C#N. The Morgan fingerprint density at radius 3 is 2.68 bits per heavy atom. The first-order chi connectivity index (χ1) is 10.3. The van der Waals surface area contributed by atoms with Gasteiger partial charge in [0.2, 0.25) is 5.91 Å².